The number of aliphatic hydroxyl groups is 1. The molecule has 0 unspecified atom stereocenters. The van der Waals surface area contributed by atoms with Gasteiger partial charge in [-0.05, 0) is 44.4 Å². The number of halogens is 1. The lowest BCUT2D eigenvalue weighted by Gasteiger charge is -2.35. The molecule has 0 aromatic carbocycles. The number of carbonyl (C=O) groups excluding carboxylic acids is 1. The molecule has 0 aliphatic heterocycles. The van der Waals surface area contributed by atoms with Crippen LogP contribution in [0.15, 0.2) is 4.99 Å². The molecule has 0 heterocycles. The number of carbonyl (C=O) groups is 1. The second-order valence-electron chi connectivity index (χ2n) is 7.22. The van der Waals surface area contributed by atoms with Crippen molar-refractivity contribution in [3.63, 3.8) is 0 Å². The topological polar surface area (TPSA) is 85.8 Å². The normalized spacial score (nSPS) is 19.7. The fraction of sp³-hybridized carbons (Fsp3) is 0.889. The monoisotopic (exact) mass is 466 g/mol. The first kappa shape index (κ1) is 22.5. The second-order valence-corrected chi connectivity index (χ2v) is 7.22. The van der Waals surface area contributed by atoms with E-state index in [-0.39, 0.29) is 47.8 Å². The highest BCUT2D eigenvalue weighted by Gasteiger charge is 2.31. The molecule has 0 radical (unpaired) electrons. The SMILES string of the molecule is CCNC(=NCC1(CCO)CCCCC1)NCCNC(=O)C1CC1.I. The third-order valence-corrected chi connectivity index (χ3v) is 5.14. The number of amides is 1. The lowest BCUT2D eigenvalue weighted by molar-refractivity contribution is -0.122. The quantitative estimate of drug-likeness (QED) is 0.181. The van der Waals surface area contributed by atoms with Gasteiger partial charge < -0.3 is 21.1 Å². The maximum Gasteiger partial charge on any atom is 0.223 e. The summed E-state index contributed by atoms with van der Waals surface area (Å²) in [7, 11) is 0. The Morgan fingerprint density at radius 3 is 2.40 bits per heavy atom. The number of aliphatic imine (C=N–C) groups is 1. The van der Waals surface area contributed by atoms with Gasteiger partial charge >= 0.3 is 0 Å². The van der Waals surface area contributed by atoms with Crippen molar-refractivity contribution in [1.82, 2.24) is 16.0 Å². The average Bonchev–Trinajstić information content (AvgIpc) is 3.42. The Balaban J connectivity index is 0.00000312. The minimum absolute atomic E-state index is 0. The summed E-state index contributed by atoms with van der Waals surface area (Å²) in [6, 6.07) is 0. The molecular formula is C18H35IN4O2. The van der Waals surface area contributed by atoms with E-state index in [0.29, 0.717) is 13.1 Å². The molecule has 2 aliphatic rings. The van der Waals surface area contributed by atoms with Gasteiger partial charge in [-0.2, -0.15) is 0 Å². The Kier molecular flexibility index (Phi) is 10.7. The van der Waals surface area contributed by atoms with Crippen molar-refractivity contribution < 1.29 is 9.90 Å². The number of guanidine groups is 1. The summed E-state index contributed by atoms with van der Waals surface area (Å²) >= 11 is 0. The van der Waals surface area contributed by atoms with E-state index in [2.05, 4.69) is 22.9 Å². The maximum absolute atomic E-state index is 11.6. The predicted octanol–water partition coefficient (Wildman–Crippen LogP) is 2.02. The molecule has 0 atom stereocenters. The summed E-state index contributed by atoms with van der Waals surface area (Å²) < 4.78 is 0. The van der Waals surface area contributed by atoms with E-state index in [1.54, 1.807) is 0 Å². The van der Waals surface area contributed by atoms with E-state index < -0.39 is 0 Å². The highest BCUT2D eigenvalue weighted by Crippen LogP contribution is 2.39. The van der Waals surface area contributed by atoms with Crippen LogP contribution in [0, 0.1) is 11.3 Å². The van der Waals surface area contributed by atoms with Gasteiger partial charge in [0.25, 0.3) is 0 Å². The number of aliphatic hydroxyl groups excluding tert-OH is 1. The number of nitrogens with one attached hydrogen (secondary N) is 3. The maximum atomic E-state index is 11.6. The molecule has 0 saturated heterocycles. The van der Waals surface area contributed by atoms with Crippen molar-refractivity contribution in [2.45, 2.75) is 58.3 Å². The molecule has 7 heteroatoms. The third-order valence-electron chi connectivity index (χ3n) is 5.14. The summed E-state index contributed by atoms with van der Waals surface area (Å²) in [5, 5.41) is 18.9. The molecular weight excluding hydrogens is 431 g/mol. The highest BCUT2D eigenvalue weighted by atomic mass is 127. The van der Waals surface area contributed by atoms with E-state index >= 15 is 0 Å². The summed E-state index contributed by atoms with van der Waals surface area (Å²) in [5.74, 6) is 1.25. The van der Waals surface area contributed by atoms with E-state index in [9.17, 15) is 9.90 Å². The molecule has 2 aliphatic carbocycles. The molecule has 1 amide bonds. The lowest BCUT2D eigenvalue weighted by Crippen LogP contribution is -2.42. The Bertz CT molecular complexity index is 416. The van der Waals surface area contributed by atoms with Crippen LogP contribution in [-0.4, -0.2) is 49.8 Å². The average molecular weight is 466 g/mol. The van der Waals surface area contributed by atoms with Crippen LogP contribution < -0.4 is 16.0 Å². The van der Waals surface area contributed by atoms with Crippen molar-refractivity contribution in [2.24, 2.45) is 16.3 Å². The standard InChI is InChI=1S/C18H34N4O2.HI/c1-2-19-17(21-12-11-20-16(24)15-6-7-15)22-14-18(10-13-23)8-4-3-5-9-18;/h15,23H,2-14H2,1H3,(H,20,24)(H2,19,21,22);1H. The van der Waals surface area contributed by atoms with Crippen LogP contribution in [0.2, 0.25) is 0 Å². The van der Waals surface area contributed by atoms with Gasteiger partial charge in [0.15, 0.2) is 5.96 Å². The van der Waals surface area contributed by atoms with Crippen molar-refractivity contribution in [2.75, 3.05) is 32.8 Å². The minimum atomic E-state index is 0. The van der Waals surface area contributed by atoms with Crippen LogP contribution in [0.4, 0.5) is 0 Å². The van der Waals surface area contributed by atoms with Gasteiger partial charge in [0.2, 0.25) is 5.91 Å². The number of rotatable bonds is 9. The van der Waals surface area contributed by atoms with Crippen molar-refractivity contribution in [3.05, 3.63) is 0 Å². The first-order valence-corrected chi connectivity index (χ1v) is 9.60. The van der Waals surface area contributed by atoms with Crippen LogP contribution in [-0.2, 0) is 4.79 Å². The van der Waals surface area contributed by atoms with Gasteiger partial charge in [-0.3, -0.25) is 9.79 Å². The van der Waals surface area contributed by atoms with Crippen LogP contribution in [0.25, 0.3) is 0 Å². The van der Waals surface area contributed by atoms with Crippen molar-refractivity contribution in [1.29, 1.82) is 0 Å². The zero-order valence-electron chi connectivity index (χ0n) is 15.5. The van der Waals surface area contributed by atoms with Crippen molar-refractivity contribution >= 4 is 35.8 Å². The van der Waals surface area contributed by atoms with Crippen molar-refractivity contribution in [3.8, 4) is 0 Å². The largest absolute Gasteiger partial charge is 0.396 e. The Labute approximate surface area is 169 Å². The third kappa shape index (κ3) is 8.11. The first-order chi connectivity index (χ1) is 11.7. The second kappa shape index (κ2) is 11.9. The molecule has 0 bridgehead atoms. The van der Waals surface area contributed by atoms with Gasteiger partial charge in [0.05, 0.1) is 0 Å². The van der Waals surface area contributed by atoms with E-state index in [1.165, 1.54) is 19.3 Å². The molecule has 6 nitrogen and oxygen atoms in total. The van der Waals surface area contributed by atoms with Crippen LogP contribution in [0.1, 0.15) is 58.3 Å². The smallest absolute Gasteiger partial charge is 0.223 e. The molecule has 4 N–H and O–H groups in total. The fourth-order valence-corrected chi connectivity index (χ4v) is 3.47. The fourth-order valence-electron chi connectivity index (χ4n) is 3.47. The Morgan fingerprint density at radius 1 is 1.12 bits per heavy atom. The number of hydrogen-bond acceptors (Lipinski definition) is 3. The number of hydrogen-bond donors (Lipinski definition) is 4. The lowest BCUT2D eigenvalue weighted by atomic mass is 9.72. The molecule has 0 aromatic rings. The Morgan fingerprint density at radius 2 is 1.80 bits per heavy atom. The van der Waals surface area contributed by atoms with E-state index in [0.717, 1.165) is 51.2 Å². The predicted molar refractivity (Wildman–Crippen MR) is 112 cm³/mol. The zero-order valence-corrected chi connectivity index (χ0v) is 17.8. The van der Waals surface area contributed by atoms with Crippen LogP contribution in [0.5, 0.6) is 0 Å². The summed E-state index contributed by atoms with van der Waals surface area (Å²) in [5.41, 5.74) is 0.162. The molecule has 0 aromatic heterocycles. The van der Waals surface area contributed by atoms with Gasteiger partial charge in [0.1, 0.15) is 0 Å². The molecule has 2 fully saturated rings. The van der Waals surface area contributed by atoms with E-state index in [1.807, 2.05) is 0 Å². The molecule has 0 spiro atoms. The summed E-state index contributed by atoms with van der Waals surface area (Å²) in [6.07, 6.45) is 9.02. The summed E-state index contributed by atoms with van der Waals surface area (Å²) in [4.78, 5) is 16.4. The highest BCUT2D eigenvalue weighted by molar-refractivity contribution is 14.0. The van der Waals surface area contributed by atoms with Crippen LogP contribution >= 0.6 is 24.0 Å². The van der Waals surface area contributed by atoms with Gasteiger partial charge in [-0.1, -0.05) is 19.3 Å². The van der Waals surface area contributed by atoms with Crippen LogP contribution in [0.3, 0.4) is 0 Å². The summed E-state index contributed by atoms with van der Waals surface area (Å²) in [6.45, 7) is 5.17. The Hall–Kier alpha value is -0.570. The number of nitrogens with zero attached hydrogens (tertiary/aromatic N) is 1. The molecule has 2 saturated carbocycles. The van der Waals surface area contributed by atoms with Gasteiger partial charge in [-0.25, -0.2) is 0 Å². The van der Waals surface area contributed by atoms with Gasteiger partial charge in [0, 0.05) is 38.7 Å². The molecule has 146 valence electrons. The molecule has 2 rings (SSSR count). The van der Waals surface area contributed by atoms with Gasteiger partial charge in [-0.15, -0.1) is 24.0 Å². The minimum Gasteiger partial charge on any atom is -0.396 e. The first-order valence-electron chi connectivity index (χ1n) is 9.60. The zero-order chi connectivity index (χ0) is 17.3. The molecule has 25 heavy (non-hydrogen) atoms. The van der Waals surface area contributed by atoms with E-state index in [4.69, 9.17) is 4.99 Å².